The molecule has 26 heavy (non-hydrogen) atoms. The Labute approximate surface area is 163 Å². The first-order chi connectivity index (χ1) is 12.6. The number of anilines is 1. The van der Waals surface area contributed by atoms with Crippen LogP contribution < -0.4 is 5.32 Å². The van der Waals surface area contributed by atoms with Gasteiger partial charge in [0.2, 0.25) is 0 Å². The van der Waals surface area contributed by atoms with Gasteiger partial charge in [0.15, 0.2) is 11.5 Å². The number of benzene rings is 2. The van der Waals surface area contributed by atoms with Crippen LogP contribution in [-0.2, 0) is 0 Å². The van der Waals surface area contributed by atoms with E-state index >= 15 is 0 Å². The van der Waals surface area contributed by atoms with Gasteiger partial charge < -0.3 is 5.32 Å². The molecule has 6 nitrogen and oxygen atoms in total. The summed E-state index contributed by atoms with van der Waals surface area (Å²) < 4.78 is 2.79. The van der Waals surface area contributed by atoms with E-state index in [1.54, 1.807) is 4.52 Å². The lowest BCUT2D eigenvalue weighted by Crippen LogP contribution is -2.11. The van der Waals surface area contributed by atoms with Gasteiger partial charge in [0, 0.05) is 20.4 Å². The number of carbonyl (C=O) groups excluding carboxylic acids is 1. The van der Waals surface area contributed by atoms with E-state index in [0.29, 0.717) is 16.9 Å². The molecule has 128 valence electrons. The fourth-order valence-corrected chi connectivity index (χ4v) is 2.97. The van der Waals surface area contributed by atoms with E-state index in [-0.39, 0.29) is 5.91 Å². The molecule has 1 N–H and O–H groups in total. The van der Waals surface area contributed by atoms with Gasteiger partial charge in [-0.3, -0.25) is 4.79 Å². The summed E-state index contributed by atoms with van der Waals surface area (Å²) in [6.07, 6.45) is 0. The summed E-state index contributed by atoms with van der Waals surface area (Å²) in [5, 5.41) is 15.6. The molecule has 0 saturated heterocycles. The molecule has 0 atom stereocenters. The Balaban J connectivity index is 1.62. The van der Waals surface area contributed by atoms with E-state index in [4.69, 9.17) is 0 Å². The number of carbonyl (C=O) groups is 1. The first-order valence-electron chi connectivity index (χ1n) is 7.96. The lowest BCUT2D eigenvalue weighted by molar-refractivity contribution is 0.102. The van der Waals surface area contributed by atoms with Gasteiger partial charge in [-0.1, -0.05) is 12.1 Å². The van der Waals surface area contributed by atoms with Gasteiger partial charge in [0.25, 0.3) is 5.91 Å². The fourth-order valence-electron chi connectivity index (χ4n) is 2.61. The molecule has 1 amide bonds. The third-order valence-electron chi connectivity index (χ3n) is 3.94. The standard InChI is InChI=1S/C19H14IN5O/c1-12-22-23-18-10-9-17(24-25(12)18)14-3-2-4-16(11-14)21-19(26)13-5-7-15(20)8-6-13/h2-11H,1H3,(H,21,26). The summed E-state index contributed by atoms with van der Waals surface area (Å²) in [6, 6.07) is 18.8. The molecule has 0 aliphatic carbocycles. The second kappa shape index (κ2) is 6.83. The molecule has 0 saturated carbocycles. The van der Waals surface area contributed by atoms with Gasteiger partial charge in [0.05, 0.1) is 5.69 Å². The lowest BCUT2D eigenvalue weighted by Gasteiger charge is -2.08. The lowest BCUT2D eigenvalue weighted by atomic mass is 10.1. The highest BCUT2D eigenvalue weighted by molar-refractivity contribution is 14.1. The number of aromatic nitrogens is 4. The molecule has 4 aromatic rings. The molecule has 0 fully saturated rings. The largest absolute Gasteiger partial charge is 0.322 e. The number of amides is 1. The fraction of sp³-hybridized carbons (Fsp3) is 0.0526. The van der Waals surface area contributed by atoms with E-state index in [2.05, 4.69) is 43.2 Å². The zero-order valence-corrected chi connectivity index (χ0v) is 16.0. The summed E-state index contributed by atoms with van der Waals surface area (Å²) >= 11 is 2.21. The Hall–Kier alpha value is -2.81. The Morgan fingerprint density at radius 1 is 1.04 bits per heavy atom. The maximum Gasteiger partial charge on any atom is 0.255 e. The predicted molar refractivity (Wildman–Crippen MR) is 108 cm³/mol. The molecule has 2 aromatic heterocycles. The number of hydrogen-bond donors (Lipinski definition) is 1. The van der Waals surface area contributed by atoms with Gasteiger partial charge in [-0.05, 0) is 78.0 Å². The third kappa shape index (κ3) is 3.30. The molecule has 0 bridgehead atoms. The van der Waals surface area contributed by atoms with Crippen molar-refractivity contribution in [2.24, 2.45) is 0 Å². The molecule has 0 aliphatic heterocycles. The van der Waals surface area contributed by atoms with Crippen molar-refractivity contribution in [2.45, 2.75) is 6.92 Å². The van der Waals surface area contributed by atoms with Crippen LogP contribution in [0.3, 0.4) is 0 Å². The summed E-state index contributed by atoms with van der Waals surface area (Å²) in [5.74, 6) is 0.585. The Kier molecular flexibility index (Phi) is 4.37. The van der Waals surface area contributed by atoms with Gasteiger partial charge >= 0.3 is 0 Å². The normalized spacial score (nSPS) is 10.8. The van der Waals surface area contributed by atoms with E-state index in [9.17, 15) is 4.79 Å². The molecule has 0 aliphatic rings. The van der Waals surface area contributed by atoms with Crippen molar-refractivity contribution in [3.8, 4) is 11.3 Å². The highest BCUT2D eigenvalue weighted by atomic mass is 127. The van der Waals surface area contributed by atoms with Crippen LogP contribution in [0.1, 0.15) is 16.2 Å². The van der Waals surface area contributed by atoms with Crippen LogP contribution in [-0.4, -0.2) is 25.7 Å². The Morgan fingerprint density at radius 2 is 1.85 bits per heavy atom. The van der Waals surface area contributed by atoms with Crippen molar-refractivity contribution < 1.29 is 4.79 Å². The second-order valence-electron chi connectivity index (χ2n) is 5.78. The number of hydrogen-bond acceptors (Lipinski definition) is 4. The smallest absolute Gasteiger partial charge is 0.255 e. The average Bonchev–Trinajstić information content (AvgIpc) is 3.03. The van der Waals surface area contributed by atoms with E-state index in [1.165, 1.54) is 0 Å². The van der Waals surface area contributed by atoms with Crippen LogP contribution in [0.4, 0.5) is 5.69 Å². The van der Waals surface area contributed by atoms with Crippen LogP contribution in [0.2, 0.25) is 0 Å². The molecular formula is C19H14IN5O. The van der Waals surface area contributed by atoms with Crippen molar-refractivity contribution in [2.75, 3.05) is 5.32 Å². The van der Waals surface area contributed by atoms with Gasteiger partial charge in [-0.15, -0.1) is 10.2 Å². The molecule has 2 aromatic carbocycles. The first kappa shape index (κ1) is 16.6. The number of nitrogens with zero attached hydrogens (tertiary/aromatic N) is 4. The number of rotatable bonds is 3. The monoisotopic (exact) mass is 455 g/mol. The van der Waals surface area contributed by atoms with Crippen molar-refractivity contribution in [1.29, 1.82) is 0 Å². The van der Waals surface area contributed by atoms with E-state index in [0.717, 1.165) is 20.7 Å². The van der Waals surface area contributed by atoms with Crippen molar-refractivity contribution in [1.82, 2.24) is 19.8 Å². The van der Waals surface area contributed by atoms with Crippen LogP contribution >= 0.6 is 22.6 Å². The number of fused-ring (bicyclic) bond motifs is 1. The summed E-state index contributed by atoms with van der Waals surface area (Å²) in [7, 11) is 0. The number of halogens is 1. The SMILES string of the molecule is Cc1nnc2ccc(-c3cccc(NC(=O)c4ccc(I)cc4)c3)nn12. The number of nitrogens with one attached hydrogen (secondary N) is 1. The zero-order valence-electron chi connectivity index (χ0n) is 13.8. The molecular weight excluding hydrogens is 441 g/mol. The first-order valence-corrected chi connectivity index (χ1v) is 9.04. The van der Waals surface area contributed by atoms with Crippen LogP contribution in [0.5, 0.6) is 0 Å². The number of aryl methyl sites for hydroxylation is 1. The summed E-state index contributed by atoms with van der Waals surface area (Å²) in [4.78, 5) is 12.4. The molecule has 0 unspecified atom stereocenters. The van der Waals surface area contributed by atoms with E-state index in [1.807, 2.05) is 67.6 Å². The third-order valence-corrected chi connectivity index (χ3v) is 4.66. The average molecular weight is 455 g/mol. The predicted octanol–water partition coefficient (Wildman–Crippen LogP) is 3.96. The molecule has 2 heterocycles. The van der Waals surface area contributed by atoms with Gasteiger partial charge in [-0.25, -0.2) is 0 Å². The Morgan fingerprint density at radius 3 is 2.65 bits per heavy atom. The quantitative estimate of drug-likeness (QED) is 0.475. The molecule has 7 heteroatoms. The minimum atomic E-state index is -0.142. The summed E-state index contributed by atoms with van der Waals surface area (Å²) in [5.41, 5.74) is 3.73. The van der Waals surface area contributed by atoms with Crippen LogP contribution in [0, 0.1) is 10.5 Å². The maximum atomic E-state index is 12.4. The van der Waals surface area contributed by atoms with Crippen LogP contribution in [0.25, 0.3) is 16.9 Å². The Bertz CT molecular complexity index is 1100. The van der Waals surface area contributed by atoms with Gasteiger partial charge in [0.1, 0.15) is 0 Å². The minimum absolute atomic E-state index is 0.142. The second-order valence-corrected chi connectivity index (χ2v) is 7.02. The zero-order chi connectivity index (χ0) is 18.1. The molecule has 0 radical (unpaired) electrons. The van der Waals surface area contributed by atoms with Crippen molar-refractivity contribution in [3.05, 3.63) is 75.6 Å². The topological polar surface area (TPSA) is 72.2 Å². The van der Waals surface area contributed by atoms with Crippen LogP contribution in [0.15, 0.2) is 60.7 Å². The van der Waals surface area contributed by atoms with Crippen molar-refractivity contribution in [3.63, 3.8) is 0 Å². The maximum absolute atomic E-state index is 12.4. The molecule has 4 rings (SSSR count). The highest BCUT2D eigenvalue weighted by Crippen LogP contribution is 2.22. The molecule has 0 spiro atoms. The highest BCUT2D eigenvalue weighted by Gasteiger charge is 2.09. The van der Waals surface area contributed by atoms with Crippen molar-refractivity contribution >= 4 is 39.8 Å². The van der Waals surface area contributed by atoms with Gasteiger partial charge in [-0.2, -0.15) is 9.61 Å². The summed E-state index contributed by atoms with van der Waals surface area (Å²) in [6.45, 7) is 1.86. The van der Waals surface area contributed by atoms with E-state index < -0.39 is 0 Å². The minimum Gasteiger partial charge on any atom is -0.322 e.